The van der Waals surface area contributed by atoms with Crippen molar-refractivity contribution >= 4 is 17.7 Å². The van der Waals surface area contributed by atoms with Crippen molar-refractivity contribution in [1.82, 2.24) is 20.1 Å². The lowest BCUT2D eigenvalue weighted by molar-refractivity contribution is -0.118. The number of carbonyl (C=O) groups is 1. The number of rotatable bonds is 10. The second-order valence-electron chi connectivity index (χ2n) is 6.07. The minimum absolute atomic E-state index is 0.0581. The van der Waals surface area contributed by atoms with Gasteiger partial charge < -0.3 is 10.1 Å². The number of thioether (sulfide) groups is 1. The van der Waals surface area contributed by atoms with Crippen LogP contribution in [-0.2, 0) is 24.5 Å². The number of para-hydroxylation sites is 1. The number of benzene rings is 2. The molecule has 1 N–H and O–H groups in total. The molecule has 0 fully saturated rings. The lowest BCUT2D eigenvalue weighted by Gasteiger charge is -2.10. The van der Waals surface area contributed by atoms with E-state index >= 15 is 0 Å². The van der Waals surface area contributed by atoms with Crippen LogP contribution >= 0.6 is 11.8 Å². The number of ether oxygens (including phenoxy) is 1. The Morgan fingerprint density at radius 1 is 1.17 bits per heavy atom. The molecule has 0 spiro atoms. The van der Waals surface area contributed by atoms with Gasteiger partial charge in [-0.05, 0) is 17.7 Å². The second kappa shape index (κ2) is 10.4. The average molecular weight is 412 g/mol. The summed E-state index contributed by atoms with van der Waals surface area (Å²) in [7, 11) is 0. The maximum Gasteiger partial charge on any atom is 0.230 e. The highest BCUT2D eigenvalue weighted by atomic mass is 32.2. The van der Waals surface area contributed by atoms with Gasteiger partial charge >= 0.3 is 0 Å². The zero-order valence-electron chi connectivity index (χ0n) is 15.8. The number of halogens is 1. The van der Waals surface area contributed by atoms with Gasteiger partial charge in [-0.15, -0.1) is 16.8 Å². The van der Waals surface area contributed by atoms with Gasteiger partial charge in [-0.2, -0.15) is 0 Å². The number of amides is 1. The van der Waals surface area contributed by atoms with Gasteiger partial charge in [0.15, 0.2) is 22.5 Å². The topological polar surface area (TPSA) is 69.0 Å². The molecule has 6 nitrogen and oxygen atoms in total. The predicted octanol–water partition coefficient (Wildman–Crippen LogP) is 3.59. The quantitative estimate of drug-likeness (QED) is 0.407. The smallest absolute Gasteiger partial charge is 0.230 e. The molecule has 3 aromatic rings. The summed E-state index contributed by atoms with van der Waals surface area (Å²) in [6.07, 6.45) is 1.70. The van der Waals surface area contributed by atoms with Crippen LogP contribution in [0.2, 0.25) is 0 Å². The average Bonchev–Trinajstić information content (AvgIpc) is 3.13. The first-order valence-corrected chi connectivity index (χ1v) is 9.99. The Morgan fingerprint density at radius 2 is 1.93 bits per heavy atom. The van der Waals surface area contributed by atoms with E-state index in [4.69, 9.17) is 4.74 Å². The normalized spacial score (nSPS) is 10.5. The largest absolute Gasteiger partial charge is 0.483 e. The van der Waals surface area contributed by atoms with Crippen LogP contribution in [0.3, 0.4) is 0 Å². The van der Waals surface area contributed by atoms with Crippen LogP contribution in [-0.4, -0.2) is 26.4 Å². The van der Waals surface area contributed by atoms with Crippen molar-refractivity contribution in [3.63, 3.8) is 0 Å². The van der Waals surface area contributed by atoms with Crippen LogP contribution in [0.25, 0.3) is 0 Å². The summed E-state index contributed by atoms with van der Waals surface area (Å²) in [6, 6.07) is 15.9. The van der Waals surface area contributed by atoms with Gasteiger partial charge in [0.1, 0.15) is 6.61 Å². The summed E-state index contributed by atoms with van der Waals surface area (Å²) >= 11 is 1.28. The molecule has 0 aliphatic heterocycles. The maximum absolute atomic E-state index is 13.7. The molecule has 1 amide bonds. The van der Waals surface area contributed by atoms with Crippen molar-refractivity contribution in [2.75, 3.05) is 5.75 Å². The van der Waals surface area contributed by atoms with E-state index in [-0.39, 0.29) is 24.0 Å². The molecule has 1 aromatic heterocycles. The molecule has 29 heavy (non-hydrogen) atoms. The third-order valence-corrected chi connectivity index (χ3v) is 4.93. The van der Waals surface area contributed by atoms with E-state index in [9.17, 15) is 9.18 Å². The minimum atomic E-state index is -0.438. The highest BCUT2D eigenvalue weighted by Crippen LogP contribution is 2.20. The molecule has 2 aromatic carbocycles. The van der Waals surface area contributed by atoms with Crippen LogP contribution in [0.1, 0.15) is 11.4 Å². The van der Waals surface area contributed by atoms with Gasteiger partial charge in [-0.1, -0.05) is 60.3 Å². The SMILES string of the molecule is C=CCn1c(COc2ccccc2F)nnc1SCC(=O)NCc1ccccc1. The molecule has 0 bridgehead atoms. The first kappa shape index (κ1) is 20.6. The van der Waals surface area contributed by atoms with E-state index in [0.717, 1.165) is 5.56 Å². The standard InChI is InChI=1S/C21H21FN4O2S/c1-2-12-26-19(14-28-18-11-7-6-10-17(18)22)24-25-21(26)29-15-20(27)23-13-16-8-4-3-5-9-16/h2-11H,1,12-15H2,(H,23,27). The summed E-state index contributed by atoms with van der Waals surface area (Å²) in [5.74, 6) is 0.342. The zero-order valence-corrected chi connectivity index (χ0v) is 16.6. The highest BCUT2D eigenvalue weighted by Gasteiger charge is 2.14. The fraction of sp³-hybridized carbons (Fsp3) is 0.190. The summed E-state index contributed by atoms with van der Waals surface area (Å²) in [5.41, 5.74) is 1.04. The van der Waals surface area contributed by atoms with E-state index < -0.39 is 5.82 Å². The monoisotopic (exact) mass is 412 g/mol. The molecular weight excluding hydrogens is 391 g/mol. The lowest BCUT2D eigenvalue weighted by atomic mass is 10.2. The molecule has 0 saturated heterocycles. The van der Waals surface area contributed by atoms with Gasteiger partial charge in [0, 0.05) is 13.1 Å². The van der Waals surface area contributed by atoms with Crippen molar-refractivity contribution in [2.24, 2.45) is 0 Å². The number of nitrogens with one attached hydrogen (secondary N) is 1. The van der Waals surface area contributed by atoms with E-state index in [2.05, 4.69) is 22.1 Å². The van der Waals surface area contributed by atoms with Crippen molar-refractivity contribution in [2.45, 2.75) is 24.9 Å². The Kier molecular flexibility index (Phi) is 7.40. The van der Waals surface area contributed by atoms with Crippen molar-refractivity contribution in [1.29, 1.82) is 0 Å². The van der Waals surface area contributed by atoms with Gasteiger partial charge in [-0.3, -0.25) is 9.36 Å². The van der Waals surface area contributed by atoms with Crippen LogP contribution in [0.4, 0.5) is 4.39 Å². The maximum atomic E-state index is 13.7. The highest BCUT2D eigenvalue weighted by molar-refractivity contribution is 7.99. The molecule has 150 valence electrons. The van der Waals surface area contributed by atoms with Crippen molar-refractivity contribution < 1.29 is 13.9 Å². The fourth-order valence-electron chi connectivity index (χ4n) is 2.53. The Labute approximate surface area is 172 Å². The van der Waals surface area contributed by atoms with E-state index in [1.807, 2.05) is 30.3 Å². The first-order chi connectivity index (χ1) is 14.2. The molecule has 0 atom stereocenters. The van der Waals surface area contributed by atoms with E-state index in [1.165, 1.54) is 17.8 Å². The fourth-order valence-corrected chi connectivity index (χ4v) is 3.32. The summed E-state index contributed by atoms with van der Waals surface area (Å²) in [4.78, 5) is 12.1. The van der Waals surface area contributed by atoms with Crippen LogP contribution in [0.5, 0.6) is 5.75 Å². The van der Waals surface area contributed by atoms with Crippen LogP contribution in [0.15, 0.2) is 72.4 Å². The third-order valence-electron chi connectivity index (χ3n) is 3.96. The van der Waals surface area contributed by atoms with Crippen molar-refractivity contribution in [3.8, 4) is 5.75 Å². The molecule has 1 heterocycles. The molecule has 0 aliphatic rings. The second-order valence-corrected chi connectivity index (χ2v) is 7.01. The Morgan fingerprint density at radius 3 is 2.69 bits per heavy atom. The summed E-state index contributed by atoms with van der Waals surface area (Å²) in [6.45, 7) is 4.73. The van der Waals surface area contributed by atoms with Gasteiger partial charge in [0.05, 0.1) is 5.75 Å². The predicted molar refractivity (Wildman–Crippen MR) is 110 cm³/mol. The molecular formula is C21H21FN4O2S. The van der Waals surface area contributed by atoms with Gasteiger partial charge in [0.2, 0.25) is 5.91 Å². The number of nitrogens with zero attached hydrogens (tertiary/aromatic N) is 3. The Hall–Kier alpha value is -3.13. The molecule has 8 heteroatoms. The summed E-state index contributed by atoms with van der Waals surface area (Å²) in [5, 5.41) is 11.7. The zero-order chi connectivity index (χ0) is 20.5. The number of aromatic nitrogens is 3. The molecule has 0 radical (unpaired) electrons. The lowest BCUT2D eigenvalue weighted by Crippen LogP contribution is -2.24. The van der Waals surface area contributed by atoms with E-state index in [1.54, 1.807) is 28.8 Å². The van der Waals surface area contributed by atoms with Crippen molar-refractivity contribution in [3.05, 3.63) is 84.5 Å². The number of hydrogen-bond donors (Lipinski definition) is 1. The molecule has 3 rings (SSSR count). The van der Waals surface area contributed by atoms with Crippen LogP contribution in [0, 0.1) is 5.82 Å². The number of carbonyl (C=O) groups excluding carboxylic acids is 1. The Bertz CT molecular complexity index is 962. The van der Waals surface area contributed by atoms with Gasteiger partial charge in [0.25, 0.3) is 0 Å². The first-order valence-electron chi connectivity index (χ1n) is 9.01. The summed E-state index contributed by atoms with van der Waals surface area (Å²) < 4.78 is 21.0. The molecule has 0 aliphatic carbocycles. The Balaban J connectivity index is 1.57. The van der Waals surface area contributed by atoms with Gasteiger partial charge in [-0.25, -0.2) is 4.39 Å². The van der Waals surface area contributed by atoms with Crippen LogP contribution < -0.4 is 10.1 Å². The number of hydrogen-bond acceptors (Lipinski definition) is 5. The molecule has 0 saturated carbocycles. The number of allylic oxidation sites excluding steroid dienone is 1. The third kappa shape index (κ3) is 5.92. The van der Waals surface area contributed by atoms with E-state index in [0.29, 0.717) is 24.1 Å². The minimum Gasteiger partial charge on any atom is -0.483 e. The molecule has 0 unspecified atom stereocenters.